The second-order valence-electron chi connectivity index (χ2n) is 4.72. The summed E-state index contributed by atoms with van der Waals surface area (Å²) in [6.07, 6.45) is -1.19. The molecule has 0 aliphatic heterocycles. The molecule has 0 aliphatic carbocycles. The van der Waals surface area contributed by atoms with Crippen molar-refractivity contribution in [1.82, 2.24) is 5.32 Å². The van der Waals surface area contributed by atoms with E-state index in [4.69, 9.17) is 24.3 Å². The summed E-state index contributed by atoms with van der Waals surface area (Å²) < 4.78 is 26.6. The Kier molecular flexibility index (Phi) is 5.36. The fourth-order valence-electron chi connectivity index (χ4n) is 0.881. The Morgan fingerprint density at radius 2 is 1.47 bits per heavy atom. The topological polar surface area (TPSA) is 174 Å². The molecule has 6 N–H and O–H groups in total. The summed E-state index contributed by atoms with van der Waals surface area (Å²) in [5, 5.41) is 7.43. The lowest BCUT2D eigenvalue weighted by molar-refractivity contribution is 0.0484. The first kappa shape index (κ1) is 18.5. The number of aliphatic hydroxyl groups is 1. The lowest BCUT2D eigenvalue weighted by Gasteiger charge is -2.29. The van der Waals surface area contributed by atoms with Crippen LogP contribution >= 0.6 is 15.2 Å². The predicted molar refractivity (Wildman–Crippen MR) is 63.3 cm³/mol. The van der Waals surface area contributed by atoms with Gasteiger partial charge in [0.15, 0.2) is 0 Å². The monoisotopic (exact) mass is 321 g/mol. The van der Waals surface area contributed by atoms with Crippen molar-refractivity contribution in [3.8, 4) is 0 Å². The molecule has 10 nitrogen and oxygen atoms in total. The number of rotatable bonds is 4. The zero-order valence-electron chi connectivity index (χ0n) is 10.5. The molecule has 0 aliphatic rings. The van der Waals surface area contributed by atoms with Gasteiger partial charge in [0.05, 0.1) is 6.54 Å². The van der Waals surface area contributed by atoms with Gasteiger partial charge in [-0.05, 0) is 20.8 Å². The molecule has 0 fully saturated rings. The van der Waals surface area contributed by atoms with Crippen molar-refractivity contribution in [3.63, 3.8) is 0 Å². The SMILES string of the molecule is CC(C)(C)OC(=O)NCC(O)(P(=O)(O)O)P(=O)(O)O. The van der Waals surface area contributed by atoms with E-state index < -0.39 is 38.5 Å². The zero-order chi connectivity index (χ0) is 15.7. The van der Waals surface area contributed by atoms with E-state index in [9.17, 15) is 19.0 Å². The number of nitrogens with one attached hydrogen (secondary N) is 1. The second kappa shape index (κ2) is 5.49. The van der Waals surface area contributed by atoms with Crippen molar-refractivity contribution < 1.29 is 43.3 Å². The summed E-state index contributed by atoms with van der Waals surface area (Å²) in [5.41, 5.74) is -0.924. The minimum Gasteiger partial charge on any atom is -0.444 e. The summed E-state index contributed by atoms with van der Waals surface area (Å²) in [6, 6.07) is 0. The van der Waals surface area contributed by atoms with E-state index in [2.05, 4.69) is 0 Å². The van der Waals surface area contributed by atoms with Crippen molar-refractivity contribution in [2.45, 2.75) is 31.5 Å². The van der Waals surface area contributed by atoms with Crippen molar-refractivity contribution in [2.75, 3.05) is 6.54 Å². The zero-order valence-corrected chi connectivity index (χ0v) is 12.3. The summed E-state index contributed by atoms with van der Waals surface area (Å²) in [5.74, 6) is 0. The number of hydrogen-bond acceptors (Lipinski definition) is 5. The van der Waals surface area contributed by atoms with Gasteiger partial charge in [0.2, 0.25) is 0 Å². The minimum atomic E-state index is -5.59. The molecule has 0 saturated carbocycles. The van der Waals surface area contributed by atoms with Crippen LogP contribution in [0.3, 0.4) is 0 Å². The Labute approximate surface area is 109 Å². The molecule has 0 aromatic carbocycles. The first-order valence-electron chi connectivity index (χ1n) is 4.91. The Hall–Kier alpha value is -0.470. The first-order valence-corrected chi connectivity index (χ1v) is 8.13. The third kappa shape index (κ3) is 5.19. The highest BCUT2D eigenvalue weighted by Gasteiger charge is 2.59. The average molecular weight is 321 g/mol. The minimum absolute atomic E-state index is 0.924. The van der Waals surface area contributed by atoms with Gasteiger partial charge in [0, 0.05) is 0 Å². The molecule has 1 amide bonds. The molecular formula is C7H17NO9P2. The third-order valence-electron chi connectivity index (χ3n) is 1.80. The average Bonchev–Trinajstić information content (AvgIpc) is 2.07. The standard InChI is InChI=1S/C7H17NO9P2/c1-6(2,3)17-5(9)8-4-7(10,18(11,12)13)19(14,15)16/h10H,4H2,1-3H3,(H,8,9)(H2,11,12,13)(H2,14,15,16). The van der Waals surface area contributed by atoms with Gasteiger partial charge in [-0.15, -0.1) is 0 Å². The van der Waals surface area contributed by atoms with E-state index in [-0.39, 0.29) is 0 Å². The van der Waals surface area contributed by atoms with Gasteiger partial charge in [-0.2, -0.15) is 0 Å². The van der Waals surface area contributed by atoms with Gasteiger partial charge >= 0.3 is 21.3 Å². The van der Waals surface area contributed by atoms with Gasteiger partial charge < -0.3 is 34.7 Å². The molecule has 0 bridgehead atoms. The number of carbonyl (C=O) groups excluding carboxylic acids is 1. The Morgan fingerprint density at radius 3 is 1.74 bits per heavy atom. The van der Waals surface area contributed by atoms with Crippen molar-refractivity contribution in [2.24, 2.45) is 0 Å². The van der Waals surface area contributed by atoms with Crippen molar-refractivity contribution >= 4 is 21.3 Å². The Morgan fingerprint density at radius 1 is 1.11 bits per heavy atom. The van der Waals surface area contributed by atoms with Gasteiger partial charge in [-0.1, -0.05) is 0 Å². The van der Waals surface area contributed by atoms with Crippen LogP contribution in [0.2, 0.25) is 0 Å². The fraction of sp³-hybridized carbons (Fsp3) is 0.857. The Balaban J connectivity index is 4.97. The molecular weight excluding hydrogens is 304 g/mol. The van der Waals surface area contributed by atoms with Crippen LogP contribution in [0.15, 0.2) is 0 Å². The molecule has 0 spiro atoms. The molecule has 19 heavy (non-hydrogen) atoms. The van der Waals surface area contributed by atoms with Crippen LogP contribution in [0, 0.1) is 0 Å². The van der Waals surface area contributed by atoms with E-state index in [1.807, 2.05) is 0 Å². The van der Waals surface area contributed by atoms with Crippen LogP contribution in [0.4, 0.5) is 4.79 Å². The maximum atomic E-state index is 11.2. The molecule has 0 heterocycles. The fourth-order valence-corrected chi connectivity index (χ4v) is 2.81. The van der Waals surface area contributed by atoms with Crippen molar-refractivity contribution in [3.05, 3.63) is 0 Å². The summed E-state index contributed by atoms with van der Waals surface area (Å²) in [4.78, 5) is 46.4. The highest BCUT2D eigenvalue weighted by molar-refractivity contribution is 7.72. The maximum absolute atomic E-state index is 11.2. The van der Waals surface area contributed by atoms with Crippen LogP contribution < -0.4 is 5.32 Å². The van der Waals surface area contributed by atoms with E-state index in [0.29, 0.717) is 0 Å². The molecule has 0 atom stereocenters. The van der Waals surface area contributed by atoms with E-state index in [1.165, 1.54) is 20.8 Å². The first-order chi connectivity index (χ1) is 8.10. The number of ether oxygens (including phenoxy) is 1. The van der Waals surface area contributed by atoms with Crippen molar-refractivity contribution in [1.29, 1.82) is 0 Å². The number of hydrogen-bond donors (Lipinski definition) is 6. The van der Waals surface area contributed by atoms with Crippen LogP contribution in [0.25, 0.3) is 0 Å². The van der Waals surface area contributed by atoms with Gasteiger partial charge in [0.25, 0.3) is 5.08 Å². The summed E-state index contributed by atoms with van der Waals surface area (Å²) >= 11 is 0. The molecule has 0 aromatic rings. The van der Waals surface area contributed by atoms with Crippen LogP contribution in [-0.4, -0.2) is 48.0 Å². The predicted octanol–water partition coefficient (Wildman–Crippen LogP) is -0.487. The normalized spacial score (nSPS) is 14.1. The summed E-state index contributed by atoms with van der Waals surface area (Å²) in [7, 11) is -11.2. The molecule has 0 unspecified atom stereocenters. The number of carbonyl (C=O) groups is 1. The molecule has 0 aromatic heterocycles. The molecule has 0 saturated heterocycles. The highest BCUT2D eigenvalue weighted by Crippen LogP contribution is 2.66. The van der Waals surface area contributed by atoms with Gasteiger partial charge in [-0.3, -0.25) is 9.13 Å². The third-order valence-corrected chi connectivity index (χ3v) is 5.55. The highest BCUT2D eigenvalue weighted by atomic mass is 31.2. The maximum Gasteiger partial charge on any atom is 0.407 e. The number of amides is 1. The largest absolute Gasteiger partial charge is 0.444 e. The van der Waals surface area contributed by atoms with E-state index in [0.717, 1.165) is 0 Å². The molecule has 12 heteroatoms. The lowest BCUT2D eigenvalue weighted by Crippen LogP contribution is -2.44. The Bertz CT molecular complexity index is 408. The molecule has 0 radical (unpaired) electrons. The van der Waals surface area contributed by atoms with E-state index >= 15 is 0 Å². The van der Waals surface area contributed by atoms with Crippen LogP contribution in [0.5, 0.6) is 0 Å². The van der Waals surface area contributed by atoms with Gasteiger partial charge in [-0.25, -0.2) is 4.79 Å². The molecule has 114 valence electrons. The smallest absolute Gasteiger partial charge is 0.407 e. The number of alkyl carbamates (subject to hydrolysis) is 1. The summed E-state index contributed by atoms with van der Waals surface area (Å²) in [6.45, 7) is 3.15. The second-order valence-corrected chi connectivity index (χ2v) is 8.73. The van der Waals surface area contributed by atoms with Gasteiger partial charge in [0.1, 0.15) is 5.60 Å². The van der Waals surface area contributed by atoms with Crippen LogP contribution in [-0.2, 0) is 13.9 Å². The van der Waals surface area contributed by atoms with Crippen LogP contribution in [0.1, 0.15) is 20.8 Å². The lowest BCUT2D eigenvalue weighted by atomic mass is 10.2. The quantitative estimate of drug-likeness (QED) is 0.373. The molecule has 0 rings (SSSR count). The van der Waals surface area contributed by atoms with E-state index in [1.54, 1.807) is 5.32 Å².